The highest BCUT2D eigenvalue weighted by molar-refractivity contribution is 4.55. The van der Waals surface area contributed by atoms with Gasteiger partial charge in [-0.3, -0.25) is 0 Å². The van der Waals surface area contributed by atoms with Crippen LogP contribution >= 0.6 is 0 Å². The van der Waals surface area contributed by atoms with Crippen molar-refractivity contribution < 1.29 is 35.1 Å². The molecule has 1 rings (SSSR count). The third-order valence-corrected chi connectivity index (χ3v) is 1.14. The lowest BCUT2D eigenvalue weighted by Gasteiger charge is -2.11. The number of halogens is 5. The Morgan fingerprint density at radius 3 is 1.90 bits per heavy atom. The maximum Gasteiger partial charge on any atom is 0.534 e. The average Bonchev–Trinajstić information content (AvgIpc) is 1.81. The van der Waals surface area contributed by atoms with Crippen molar-refractivity contribution in [2.24, 2.45) is 0 Å². The van der Waals surface area contributed by atoms with Crippen LogP contribution < -0.4 is 17.7 Å². The highest BCUT2D eigenvalue weighted by Crippen LogP contribution is 2.31. The second-order valence-corrected chi connectivity index (χ2v) is 1.82. The largest absolute Gasteiger partial charge is 1.00 e. The molecule has 62 valence electrons. The Kier molecular flexibility index (Phi) is 2.50. The van der Waals surface area contributed by atoms with Crippen LogP contribution in [0, 0.1) is 0 Å². The predicted octanol–water partition coefficient (Wildman–Crippen LogP) is -2.27. The van der Waals surface area contributed by atoms with Crippen molar-refractivity contribution in [1.29, 1.82) is 0 Å². The second-order valence-electron chi connectivity index (χ2n) is 1.82. The first-order valence-corrected chi connectivity index (χ1v) is 2.36. The Balaban J connectivity index is 0.000000810. The van der Waals surface area contributed by atoms with E-state index < -0.39 is 17.6 Å². The molecule has 0 atom stereocenters. The minimum absolute atomic E-state index is 0. The monoisotopic (exact) mass is 180 g/mol. The molecule has 2 nitrogen and oxygen atoms in total. The van der Waals surface area contributed by atoms with Crippen LogP contribution in [-0.4, -0.2) is 24.2 Å². The maximum atomic E-state index is 11.8. The summed E-state index contributed by atoms with van der Waals surface area (Å²) < 4.78 is 47.4. The summed E-state index contributed by atoms with van der Waals surface area (Å²) in [5.41, 5.74) is 0. The van der Waals surface area contributed by atoms with Gasteiger partial charge >= 0.3 is 6.17 Å². The van der Waals surface area contributed by atoms with Crippen LogP contribution in [0.5, 0.6) is 0 Å². The van der Waals surface area contributed by atoms with Crippen molar-refractivity contribution in [3.63, 3.8) is 0 Å². The van der Waals surface area contributed by atoms with Gasteiger partial charge in [0, 0.05) is 8.96 Å². The summed E-state index contributed by atoms with van der Waals surface area (Å²) in [6.07, 6.45) is -4.06. The molecule has 0 amide bonds. The van der Waals surface area contributed by atoms with Crippen molar-refractivity contribution in [2.75, 3.05) is 13.1 Å². The summed E-state index contributed by atoms with van der Waals surface area (Å²) in [6, 6.07) is 0. The molecule has 0 radical (unpaired) electrons. The van der Waals surface area contributed by atoms with Crippen LogP contribution in [-0.2, 0) is 0 Å². The molecule has 0 bridgehead atoms. The van der Waals surface area contributed by atoms with Gasteiger partial charge in [0.1, 0.15) is 4.93 Å². The molecule has 1 N–H and O–H groups in total. The second kappa shape index (κ2) is 2.52. The molecule has 1 heterocycles. The molecule has 0 saturated carbocycles. The van der Waals surface area contributed by atoms with Gasteiger partial charge in [-0.15, -0.1) is 8.78 Å². The van der Waals surface area contributed by atoms with E-state index in [2.05, 4.69) is 0 Å². The van der Waals surface area contributed by atoms with E-state index in [4.69, 9.17) is 0 Å². The summed E-state index contributed by atoms with van der Waals surface area (Å²) in [5, 5.41) is 1.38. The van der Waals surface area contributed by atoms with Crippen molar-refractivity contribution in [3.8, 4) is 0 Å². The van der Waals surface area contributed by atoms with Gasteiger partial charge in [0.2, 0.25) is 0 Å². The van der Waals surface area contributed by atoms with E-state index in [1.165, 1.54) is 5.32 Å². The molecule has 1 saturated heterocycles. The molecule has 0 aliphatic carbocycles. The molecule has 0 aromatic rings. The van der Waals surface area contributed by atoms with Gasteiger partial charge in [-0.05, 0) is 0 Å². The quantitative estimate of drug-likeness (QED) is 0.252. The molecule has 10 heavy (non-hydrogen) atoms. The van der Waals surface area contributed by atoms with Gasteiger partial charge in [0.25, 0.3) is 0 Å². The molecular formula is C3H5ClF4N2. The van der Waals surface area contributed by atoms with E-state index in [-0.39, 0.29) is 19.0 Å². The number of nitrogens with one attached hydrogen (secondary N) is 1. The highest BCUT2D eigenvalue weighted by atomic mass is 35.5. The van der Waals surface area contributed by atoms with Crippen LogP contribution in [0.25, 0.3) is 0 Å². The highest BCUT2D eigenvalue weighted by Gasteiger charge is 2.64. The Morgan fingerprint density at radius 1 is 1.30 bits per heavy atom. The van der Waals surface area contributed by atoms with E-state index in [9.17, 15) is 17.7 Å². The molecule has 1 fully saturated rings. The zero-order valence-electron chi connectivity index (χ0n) is 4.75. The Bertz CT molecular complexity index is 114. The first kappa shape index (κ1) is 9.93. The van der Waals surface area contributed by atoms with Crippen molar-refractivity contribution in [3.05, 3.63) is 0 Å². The Morgan fingerprint density at radius 2 is 1.80 bits per heavy atom. The zero-order chi connectivity index (χ0) is 7.12. The number of hydrogen-bond acceptors (Lipinski definition) is 1. The number of rotatable bonds is 0. The number of nitrogens with zero attached hydrogens (tertiary/aromatic N) is 1. The summed E-state index contributed by atoms with van der Waals surface area (Å²) >= 11 is 0. The average molecular weight is 181 g/mol. The van der Waals surface area contributed by atoms with Gasteiger partial charge in [0.15, 0.2) is 6.54 Å². The summed E-state index contributed by atoms with van der Waals surface area (Å²) in [4.78, 5) is -3.24. The van der Waals surface area contributed by atoms with Gasteiger partial charge in [-0.2, -0.15) is 5.32 Å². The van der Waals surface area contributed by atoms with Crippen LogP contribution in [0.1, 0.15) is 0 Å². The maximum absolute atomic E-state index is 11.8. The van der Waals surface area contributed by atoms with Gasteiger partial charge in [-0.1, -0.05) is 0 Å². The first-order valence-electron chi connectivity index (χ1n) is 2.36. The molecule has 0 aromatic carbocycles. The molecule has 1 aliphatic rings. The first-order chi connectivity index (χ1) is 3.96. The number of hydrogen-bond donors (Lipinski definition) is 1. The van der Waals surface area contributed by atoms with Gasteiger partial charge in [0.05, 0.1) is 6.54 Å². The minimum Gasteiger partial charge on any atom is -1.00 e. The van der Waals surface area contributed by atoms with Crippen LogP contribution in [0.3, 0.4) is 0 Å². The standard InChI is InChI=1S/C3H5F4N2.ClH/c4-3(5)8-1-2-9(3,6)7;/h8H,1-2H2;1H/q+1;/p-1. The SMILES string of the molecule is FC1(F)NCC[N+]1(F)F.[Cl-]. The predicted molar refractivity (Wildman–Crippen MR) is 20.3 cm³/mol. The Labute approximate surface area is 60.7 Å². The smallest absolute Gasteiger partial charge is 0.534 e. The third kappa shape index (κ3) is 1.33. The van der Waals surface area contributed by atoms with Crippen LogP contribution in [0.15, 0.2) is 0 Å². The van der Waals surface area contributed by atoms with E-state index in [0.717, 1.165) is 0 Å². The minimum atomic E-state index is -4.06. The molecule has 0 spiro atoms. The summed E-state index contributed by atoms with van der Waals surface area (Å²) in [7, 11) is 0. The molecular weight excluding hydrogens is 175 g/mol. The van der Waals surface area contributed by atoms with E-state index in [1.807, 2.05) is 0 Å². The zero-order valence-corrected chi connectivity index (χ0v) is 5.51. The fraction of sp³-hybridized carbons (Fsp3) is 1.00. The summed E-state index contributed by atoms with van der Waals surface area (Å²) in [5.74, 6) is 0. The lowest BCUT2D eigenvalue weighted by molar-refractivity contribution is -1.22. The van der Waals surface area contributed by atoms with Crippen molar-refractivity contribution in [2.45, 2.75) is 6.17 Å². The van der Waals surface area contributed by atoms with E-state index in [1.54, 1.807) is 0 Å². The van der Waals surface area contributed by atoms with Crippen molar-refractivity contribution >= 4 is 0 Å². The third-order valence-electron chi connectivity index (χ3n) is 1.14. The lowest BCUT2D eigenvalue weighted by atomic mass is 10.7. The molecule has 7 heteroatoms. The normalized spacial score (nSPS) is 27.6. The number of quaternary nitrogens is 1. The van der Waals surface area contributed by atoms with E-state index in [0.29, 0.717) is 0 Å². The summed E-state index contributed by atoms with van der Waals surface area (Å²) in [6.45, 7) is -1.19. The van der Waals surface area contributed by atoms with Crippen LogP contribution in [0.2, 0.25) is 0 Å². The molecule has 0 unspecified atom stereocenters. The van der Waals surface area contributed by atoms with Crippen LogP contribution in [0.4, 0.5) is 17.7 Å². The van der Waals surface area contributed by atoms with E-state index >= 15 is 0 Å². The lowest BCUT2D eigenvalue weighted by Crippen LogP contribution is -3.00. The van der Waals surface area contributed by atoms with Crippen molar-refractivity contribution in [1.82, 2.24) is 5.32 Å². The Hall–Kier alpha value is -0.0700. The fourth-order valence-electron chi connectivity index (χ4n) is 0.603. The fourth-order valence-corrected chi connectivity index (χ4v) is 0.603. The topological polar surface area (TPSA) is 12.0 Å². The molecule has 1 aliphatic heterocycles. The molecule has 0 aromatic heterocycles. The van der Waals surface area contributed by atoms with Gasteiger partial charge in [-0.25, -0.2) is 0 Å². The number of alkyl halides is 2. The van der Waals surface area contributed by atoms with Gasteiger partial charge < -0.3 is 12.4 Å².